The average molecular weight is 164 g/mol. The van der Waals surface area contributed by atoms with Crippen LogP contribution in [0.15, 0.2) is 13.2 Å². The summed E-state index contributed by atoms with van der Waals surface area (Å²) >= 11 is 0. The normalized spacial score (nSPS) is 6.91. The third-order valence-corrected chi connectivity index (χ3v) is 0.612. The van der Waals surface area contributed by atoms with Crippen LogP contribution in [0.1, 0.15) is 19.8 Å². The standard InChI is InChI=1S/C4H10O.C2H6O2.C2H4/c1-2-3-4-5;3-1-2-4;1-2/h5H,2-4H2,1H3;3-4H,1-2H2;1-2H2. The minimum absolute atomic E-state index is 0.125. The van der Waals surface area contributed by atoms with E-state index in [1.807, 2.05) is 0 Å². The third kappa shape index (κ3) is 81.4. The molecular weight excluding hydrogens is 144 g/mol. The van der Waals surface area contributed by atoms with E-state index in [1.165, 1.54) is 0 Å². The van der Waals surface area contributed by atoms with Gasteiger partial charge >= 0.3 is 0 Å². The predicted molar refractivity (Wildman–Crippen MR) is 47.4 cm³/mol. The van der Waals surface area contributed by atoms with E-state index in [0.29, 0.717) is 6.61 Å². The van der Waals surface area contributed by atoms with E-state index < -0.39 is 0 Å². The molecule has 11 heavy (non-hydrogen) atoms. The second kappa shape index (κ2) is 33.5. The van der Waals surface area contributed by atoms with Crippen molar-refractivity contribution in [2.24, 2.45) is 0 Å². The lowest BCUT2D eigenvalue weighted by atomic mass is 10.4. The van der Waals surface area contributed by atoms with Gasteiger partial charge in [-0.3, -0.25) is 0 Å². The molecule has 0 aromatic carbocycles. The van der Waals surface area contributed by atoms with Crippen molar-refractivity contribution < 1.29 is 15.3 Å². The summed E-state index contributed by atoms with van der Waals surface area (Å²) in [6.45, 7) is 8.15. The van der Waals surface area contributed by atoms with Crippen LogP contribution in [0, 0.1) is 0 Å². The minimum Gasteiger partial charge on any atom is -0.396 e. The summed E-state index contributed by atoms with van der Waals surface area (Å²) in [4.78, 5) is 0. The van der Waals surface area contributed by atoms with Crippen molar-refractivity contribution in [1.82, 2.24) is 0 Å². The molecule has 0 atom stereocenters. The van der Waals surface area contributed by atoms with E-state index in [9.17, 15) is 0 Å². The predicted octanol–water partition coefficient (Wildman–Crippen LogP) is 0.552. The van der Waals surface area contributed by atoms with E-state index in [4.69, 9.17) is 15.3 Å². The highest BCUT2D eigenvalue weighted by molar-refractivity contribution is 4.23. The molecule has 0 aromatic heterocycles. The first kappa shape index (κ1) is 16.9. The van der Waals surface area contributed by atoms with Gasteiger partial charge in [0.05, 0.1) is 13.2 Å². The fourth-order valence-corrected chi connectivity index (χ4v) is 0.158. The lowest BCUT2D eigenvalue weighted by molar-refractivity contribution is 0.186. The minimum atomic E-state index is -0.125. The first-order valence-electron chi connectivity index (χ1n) is 3.66. The number of hydrogen-bond acceptors (Lipinski definition) is 3. The quantitative estimate of drug-likeness (QED) is 0.534. The van der Waals surface area contributed by atoms with Crippen LogP contribution in [0.5, 0.6) is 0 Å². The summed E-state index contributed by atoms with van der Waals surface area (Å²) < 4.78 is 0. The number of hydrogen-bond donors (Lipinski definition) is 3. The highest BCUT2D eigenvalue weighted by Crippen LogP contribution is 1.78. The van der Waals surface area contributed by atoms with Gasteiger partial charge in [-0.15, -0.1) is 13.2 Å². The molecular formula is C8H20O3. The van der Waals surface area contributed by atoms with Crippen LogP contribution in [-0.4, -0.2) is 35.1 Å². The second-order valence-corrected chi connectivity index (χ2v) is 1.52. The molecule has 0 rings (SSSR count). The van der Waals surface area contributed by atoms with Crippen LogP contribution < -0.4 is 0 Å². The molecule has 0 aliphatic carbocycles. The Kier molecular flexibility index (Phi) is 51.5. The van der Waals surface area contributed by atoms with E-state index in [0.717, 1.165) is 12.8 Å². The molecule has 0 aliphatic heterocycles. The maximum absolute atomic E-state index is 8.07. The zero-order valence-electron chi connectivity index (χ0n) is 7.29. The Labute approximate surface area is 69.0 Å². The SMILES string of the molecule is C=C.CCCCO.OCCO. The monoisotopic (exact) mass is 164 g/mol. The van der Waals surface area contributed by atoms with Crippen molar-refractivity contribution in [3.63, 3.8) is 0 Å². The highest BCUT2D eigenvalue weighted by Gasteiger charge is 1.69. The van der Waals surface area contributed by atoms with Gasteiger partial charge in [-0.2, -0.15) is 0 Å². The van der Waals surface area contributed by atoms with Gasteiger partial charge in [-0.1, -0.05) is 13.3 Å². The van der Waals surface area contributed by atoms with Crippen molar-refractivity contribution in [1.29, 1.82) is 0 Å². The van der Waals surface area contributed by atoms with Crippen LogP contribution in [-0.2, 0) is 0 Å². The summed E-state index contributed by atoms with van der Waals surface area (Å²) in [5.74, 6) is 0. The van der Waals surface area contributed by atoms with Gasteiger partial charge in [0.1, 0.15) is 0 Å². The maximum Gasteiger partial charge on any atom is 0.0662 e. The van der Waals surface area contributed by atoms with Crippen LogP contribution in [0.2, 0.25) is 0 Å². The number of aliphatic hydroxyl groups excluding tert-OH is 3. The van der Waals surface area contributed by atoms with Gasteiger partial charge in [-0.05, 0) is 6.42 Å². The molecule has 0 heterocycles. The zero-order valence-corrected chi connectivity index (χ0v) is 7.29. The summed E-state index contributed by atoms with van der Waals surface area (Å²) in [5.41, 5.74) is 0. The van der Waals surface area contributed by atoms with Gasteiger partial charge in [0.15, 0.2) is 0 Å². The van der Waals surface area contributed by atoms with Gasteiger partial charge < -0.3 is 15.3 Å². The highest BCUT2D eigenvalue weighted by atomic mass is 16.3. The fraction of sp³-hybridized carbons (Fsp3) is 0.750. The van der Waals surface area contributed by atoms with Crippen LogP contribution >= 0.6 is 0 Å². The molecule has 0 aromatic rings. The lowest BCUT2D eigenvalue weighted by Crippen LogP contribution is -1.85. The zero-order chi connectivity index (χ0) is 9.54. The summed E-state index contributed by atoms with van der Waals surface area (Å²) in [7, 11) is 0. The summed E-state index contributed by atoms with van der Waals surface area (Å²) in [6, 6.07) is 0. The molecule has 70 valence electrons. The molecule has 0 saturated carbocycles. The van der Waals surface area contributed by atoms with E-state index in [1.54, 1.807) is 0 Å². The van der Waals surface area contributed by atoms with E-state index >= 15 is 0 Å². The Morgan fingerprint density at radius 2 is 1.27 bits per heavy atom. The topological polar surface area (TPSA) is 60.7 Å². The molecule has 3 N–H and O–H groups in total. The molecule has 0 radical (unpaired) electrons. The first-order valence-corrected chi connectivity index (χ1v) is 3.66. The number of aliphatic hydroxyl groups is 3. The molecule has 0 saturated heterocycles. The van der Waals surface area contributed by atoms with Crippen molar-refractivity contribution >= 4 is 0 Å². The molecule has 3 nitrogen and oxygen atoms in total. The Hall–Kier alpha value is -0.380. The fourth-order valence-electron chi connectivity index (χ4n) is 0.158. The molecule has 0 amide bonds. The Bertz CT molecular complexity index is 36.3. The first-order chi connectivity index (χ1) is 5.33. The maximum atomic E-state index is 8.07. The molecule has 0 spiro atoms. The molecule has 3 heteroatoms. The van der Waals surface area contributed by atoms with Crippen molar-refractivity contribution in [3.05, 3.63) is 13.2 Å². The average Bonchev–Trinajstić information content (AvgIpc) is 2.10. The lowest BCUT2D eigenvalue weighted by Gasteiger charge is -1.79. The van der Waals surface area contributed by atoms with Gasteiger partial charge in [-0.25, -0.2) is 0 Å². The summed E-state index contributed by atoms with van der Waals surface area (Å²) in [6.07, 6.45) is 2.04. The van der Waals surface area contributed by atoms with Crippen LogP contribution in [0.4, 0.5) is 0 Å². The van der Waals surface area contributed by atoms with Crippen molar-refractivity contribution in [3.8, 4) is 0 Å². The van der Waals surface area contributed by atoms with E-state index in [2.05, 4.69) is 20.1 Å². The van der Waals surface area contributed by atoms with Crippen molar-refractivity contribution in [2.45, 2.75) is 19.8 Å². The van der Waals surface area contributed by atoms with Crippen LogP contribution in [0.25, 0.3) is 0 Å². The second-order valence-electron chi connectivity index (χ2n) is 1.52. The van der Waals surface area contributed by atoms with Gasteiger partial charge in [0, 0.05) is 6.61 Å². The Morgan fingerprint density at radius 1 is 0.909 bits per heavy atom. The smallest absolute Gasteiger partial charge is 0.0662 e. The molecule has 0 bridgehead atoms. The summed E-state index contributed by atoms with van der Waals surface area (Å²) in [5, 5.41) is 23.3. The Balaban J connectivity index is -0.0000000965. The van der Waals surface area contributed by atoms with E-state index in [-0.39, 0.29) is 13.2 Å². The molecule has 0 unspecified atom stereocenters. The third-order valence-electron chi connectivity index (χ3n) is 0.612. The largest absolute Gasteiger partial charge is 0.396 e. The molecule has 0 fully saturated rings. The number of unbranched alkanes of at least 4 members (excludes halogenated alkanes) is 1. The van der Waals surface area contributed by atoms with Gasteiger partial charge in [0.2, 0.25) is 0 Å². The molecule has 0 aliphatic rings. The number of rotatable bonds is 3. The Morgan fingerprint density at radius 3 is 1.27 bits per heavy atom. The van der Waals surface area contributed by atoms with Crippen LogP contribution in [0.3, 0.4) is 0 Å². The van der Waals surface area contributed by atoms with Gasteiger partial charge in [0.25, 0.3) is 0 Å². The van der Waals surface area contributed by atoms with Crippen molar-refractivity contribution in [2.75, 3.05) is 19.8 Å².